The molecule has 2 rings (SSSR count). The van der Waals surface area contributed by atoms with Crippen LogP contribution in [0.2, 0.25) is 5.02 Å². The molecule has 0 fully saturated rings. The Morgan fingerprint density at radius 3 is 2.58 bits per heavy atom. The summed E-state index contributed by atoms with van der Waals surface area (Å²) in [5.41, 5.74) is 5.00. The van der Waals surface area contributed by atoms with Crippen molar-refractivity contribution in [2.75, 3.05) is 7.11 Å². The molecule has 0 radical (unpaired) electrons. The second kappa shape index (κ2) is 6.57. The first-order valence-corrected chi connectivity index (χ1v) is 6.46. The van der Waals surface area contributed by atoms with Gasteiger partial charge in [0.15, 0.2) is 0 Å². The molecule has 0 spiro atoms. The highest BCUT2D eigenvalue weighted by molar-refractivity contribution is 6.30. The molecule has 0 saturated heterocycles. The van der Waals surface area contributed by atoms with E-state index in [9.17, 15) is 0 Å². The Balaban J connectivity index is 2.26. The predicted octanol–water partition coefficient (Wildman–Crippen LogP) is 3.10. The Labute approximate surface area is 118 Å². The van der Waals surface area contributed by atoms with Crippen molar-refractivity contribution in [3.05, 3.63) is 64.7 Å². The van der Waals surface area contributed by atoms with Gasteiger partial charge >= 0.3 is 0 Å². The maximum absolute atomic E-state index is 6.04. The molecule has 1 unspecified atom stereocenters. The molecule has 1 atom stereocenters. The minimum Gasteiger partial charge on any atom is -0.496 e. The third-order valence-electron chi connectivity index (χ3n) is 3.07. The maximum atomic E-state index is 6.04. The molecular formula is C15H17ClN2O. The third kappa shape index (κ3) is 3.47. The summed E-state index contributed by atoms with van der Waals surface area (Å²) < 4.78 is 5.35. The number of rotatable bonds is 5. The van der Waals surface area contributed by atoms with Crippen molar-refractivity contribution < 1.29 is 4.74 Å². The van der Waals surface area contributed by atoms with Crippen LogP contribution in [0.1, 0.15) is 17.2 Å². The van der Waals surface area contributed by atoms with Crippen LogP contribution in [0.5, 0.6) is 5.75 Å². The average molecular weight is 277 g/mol. The van der Waals surface area contributed by atoms with E-state index in [0.717, 1.165) is 16.9 Å². The smallest absolute Gasteiger partial charge is 0.122 e. The molecule has 0 saturated carbocycles. The Hall–Kier alpha value is -1.55. The number of nitrogens with one attached hydrogen (secondary N) is 1. The van der Waals surface area contributed by atoms with Gasteiger partial charge in [-0.25, -0.2) is 0 Å². The first-order valence-electron chi connectivity index (χ1n) is 6.08. The van der Waals surface area contributed by atoms with Crippen LogP contribution >= 0.6 is 11.6 Å². The number of hydrogen-bond donors (Lipinski definition) is 2. The van der Waals surface area contributed by atoms with Gasteiger partial charge in [-0.2, -0.15) is 0 Å². The SMILES string of the molecule is COc1ccc(Cl)cc1CC(NN)c1ccccc1. The van der Waals surface area contributed by atoms with Gasteiger partial charge in [0.05, 0.1) is 13.2 Å². The lowest BCUT2D eigenvalue weighted by atomic mass is 9.99. The van der Waals surface area contributed by atoms with Crippen molar-refractivity contribution in [1.82, 2.24) is 5.43 Å². The molecule has 0 amide bonds. The largest absolute Gasteiger partial charge is 0.496 e. The van der Waals surface area contributed by atoms with Crippen LogP contribution in [0.3, 0.4) is 0 Å². The summed E-state index contributed by atoms with van der Waals surface area (Å²) in [5, 5.41) is 0.694. The summed E-state index contributed by atoms with van der Waals surface area (Å²) in [4.78, 5) is 0. The van der Waals surface area contributed by atoms with E-state index in [4.69, 9.17) is 22.2 Å². The lowest BCUT2D eigenvalue weighted by Gasteiger charge is -2.18. The number of benzene rings is 2. The molecule has 19 heavy (non-hydrogen) atoms. The topological polar surface area (TPSA) is 47.3 Å². The quantitative estimate of drug-likeness (QED) is 0.652. The second-order valence-corrected chi connectivity index (χ2v) is 4.73. The number of halogens is 1. The Morgan fingerprint density at radius 2 is 1.95 bits per heavy atom. The standard InChI is InChI=1S/C15H17ClN2O/c1-19-15-8-7-13(16)9-12(15)10-14(18-17)11-5-3-2-4-6-11/h2-9,14,18H,10,17H2,1H3. The van der Waals surface area contributed by atoms with Gasteiger partial charge in [-0.3, -0.25) is 11.3 Å². The molecule has 0 heterocycles. The summed E-state index contributed by atoms with van der Waals surface area (Å²) in [6.45, 7) is 0. The van der Waals surface area contributed by atoms with E-state index < -0.39 is 0 Å². The normalized spacial score (nSPS) is 12.2. The zero-order valence-electron chi connectivity index (χ0n) is 10.8. The molecule has 0 aliphatic heterocycles. The van der Waals surface area contributed by atoms with Crippen LogP contribution in [-0.2, 0) is 6.42 Å². The minimum absolute atomic E-state index is 0.0218. The highest BCUT2D eigenvalue weighted by Gasteiger charge is 2.13. The molecule has 4 heteroatoms. The van der Waals surface area contributed by atoms with Crippen LogP contribution in [0.25, 0.3) is 0 Å². The van der Waals surface area contributed by atoms with E-state index in [2.05, 4.69) is 5.43 Å². The predicted molar refractivity (Wildman–Crippen MR) is 78.2 cm³/mol. The number of hydrogen-bond acceptors (Lipinski definition) is 3. The van der Waals surface area contributed by atoms with Gasteiger partial charge in [0, 0.05) is 5.02 Å². The van der Waals surface area contributed by atoms with Gasteiger partial charge in [0.25, 0.3) is 0 Å². The summed E-state index contributed by atoms with van der Waals surface area (Å²) in [7, 11) is 1.65. The molecule has 0 aliphatic carbocycles. The van der Waals surface area contributed by atoms with Gasteiger partial charge in [-0.05, 0) is 35.7 Å². The molecule has 0 aliphatic rings. The summed E-state index contributed by atoms with van der Waals surface area (Å²) in [6, 6.07) is 15.7. The van der Waals surface area contributed by atoms with Crippen molar-refractivity contribution in [3.63, 3.8) is 0 Å². The zero-order chi connectivity index (χ0) is 13.7. The molecule has 2 aromatic carbocycles. The van der Waals surface area contributed by atoms with E-state index in [1.54, 1.807) is 7.11 Å². The van der Waals surface area contributed by atoms with Crippen LogP contribution < -0.4 is 16.0 Å². The van der Waals surface area contributed by atoms with Gasteiger partial charge < -0.3 is 4.74 Å². The molecule has 100 valence electrons. The lowest BCUT2D eigenvalue weighted by molar-refractivity contribution is 0.405. The molecule has 0 bridgehead atoms. The van der Waals surface area contributed by atoms with Gasteiger partial charge in [0.2, 0.25) is 0 Å². The fourth-order valence-electron chi connectivity index (χ4n) is 2.08. The molecule has 3 nitrogen and oxygen atoms in total. The first kappa shape index (κ1) is 13.9. The van der Waals surface area contributed by atoms with Crippen LogP contribution in [0.15, 0.2) is 48.5 Å². The number of hydrazine groups is 1. The summed E-state index contributed by atoms with van der Waals surface area (Å²) in [5.74, 6) is 6.48. The fraction of sp³-hybridized carbons (Fsp3) is 0.200. The zero-order valence-corrected chi connectivity index (χ0v) is 11.5. The number of ether oxygens (including phenoxy) is 1. The summed E-state index contributed by atoms with van der Waals surface area (Å²) >= 11 is 6.04. The third-order valence-corrected chi connectivity index (χ3v) is 3.30. The van der Waals surface area contributed by atoms with Crippen LogP contribution in [0.4, 0.5) is 0 Å². The second-order valence-electron chi connectivity index (χ2n) is 4.29. The number of nitrogens with two attached hydrogens (primary N) is 1. The molecular weight excluding hydrogens is 260 g/mol. The van der Waals surface area contributed by atoms with E-state index in [-0.39, 0.29) is 6.04 Å². The van der Waals surface area contributed by atoms with Crippen molar-refractivity contribution in [3.8, 4) is 5.75 Å². The molecule has 2 aromatic rings. The number of methoxy groups -OCH3 is 1. The van der Waals surface area contributed by atoms with Crippen LogP contribution in [0, 0.1) is 0 Å². The Bertz CT molecular complexity index is 531. The maximum Gasteiger partial charge on any atom is 0.122 e. The van der Waals surface area contributed by atoms with E-state index in [1.165, 1.54) is 0 Å². The molecule has 3 N–H and O–H groups in total. The van der Waals surface area contributed by atoms with Gasteiger partial charge in [-0.1, -0.05) is 41.9 Å². The van der Waals surface area contributed by atoms with E-state index in [0.29, 0.717) is 11.4 Å². The van der Waals surface area contributed by atoms with Gasteiger partial charge in [-0.15, -0.1) is 0 Å². The van der Waals surface area contributed by atoms with Crippen molar-refractivity contribution in [2.45, 2.75) is 12.5 Å². The van der Waals surface area contributed by atoms with Crippen molar-refractivity contribution in [2.24, 2.45) is 5.84 Å². The monoisotopic (exact) mass is 276 g/mol. The van der Waals surface area contributed by atoms with Crippen LogP contribution in [-0.4, -0.2) is 7.11 Å². The Kier molecular flexibility index (Phi) is 4.80. The lowest BCUT2D eigenvalue weighted by Crippen LogP contribution is -2.29. The highest BCUT2D eigenvalue weighted by Crippen LogP contribution is 2.27. The minimum atomic E-state index is 0.0218. The van der Waals surface area contributed by atoms with Gasteiger partial charge in [0.1, 0.15) is 5.75 Å². The summed E-state index contributed by atoms with van der Waals surface area (Å²) in [6.07, 6.45) is 0.713. The Morgan fingerprint density at radius 1 is 1.21 bits per heavy atom. The average Bonchev–Trinajstić information content (AvgIpc) is 2.46. The van der Waals surface area contributed by atoms with E-state index >= 15 is 0 Å². The molecule has 0 aromatic heterocycles. The van der Waals surface area contributed by atoms with Crippen molar-refractivity contribution >= 4 is 11.6 Å². The van der Waals surface area contributed by atoms with Crippen molar-refractivity contribution in [1.29, 1.82) is 0 Å². The van der Waals surface area contributed by atoms with E-state index in [1.807, 2.05) is 48.5 Å². The first-order chi connectivity index (χ1) is 9.24. The highest BCUT2D eigenvalue weighted by atomic mass is 35.5. The fourth-order valence-corrected chi connectivity index (χ4v) is 2.28.